The van der Waals surface area contributed by atoms with Crippen LogP contribution in [0.4, 0.5) is 0 Å². The van der Waals surface area contributed by atoms with Crippen molar-refractivity contribution in [2.24, 2.45) is 5.92 Å². The smallest absolute Gasteiger partial charge is 0.132 e. The third-order valence-corrected chi connectivity index (χ3v) is 2.16. The van der Waals surface area contributed by atoms with E-state index in [2.05, 4.69) is 6.58 Å². The molecule has 0 bridgehead atoms. The third kappa shape index (κ3) is 1.98. The zero-order valence-electron chi connectivity index (χ0n) is 6.31. The molecule has 1 heteroatoms. The summed E-state index contributed by atoms with van der Waals surface area (Å²) in [5.41, 5.74) is 0. The zero-order valence-corrected chi connectivity index (χ0v) is 6.31. The van der Waals surface area contributed by atoms with Gasteiger partial charge in [-0.2, -0.15) is 0 Å². The number of hydrogen-bond acceptors (Lipinski definition) is 1. The monoisotopic (exact) mass is 138 g/mol. The molecule has 1 nitrogen and oxygen atoms in total. The van der Waals surface area contributed by atoms with Gasteiger partial charge in [0.1, 0.15) is 5.78 Å². The van der Waals surface area contributed by atoms with E-state index in [1.807, 2.05) is 6.08 Å². The number of carbonyl (C=O) groups excluding carboxylic acids is 1. The molecule has 1 aliphatic rings. The Labute approximate surface area is 62.1 Å². The summed E-state index contributed by atoms with van der Waals surface area (Å²) in [6.45, 7) is 3.69. The van der Waals surface area contributed by atoms with Gasteiger partial charge in [0.2, 0.25) is 0 Å². The zero-order chi connectivity index (χ0) is 7.40. The Bertz CT molecular complexity index is 128. The Kier molecular flexibility index (Phi) is 2.67. The molecule has 1 fully saturated rings. The highest BCUT2D eigenvalue weighted by atomic mass is 16.1. The summed E-state index contributed by atoms with van der Waals surface area (Å²) in [7, 11) is 0. The number of carbonyl (C=O) groups is 1. The predicted molar refractivity (Wildman–Crippen MR) is 41.8 cm³/mol. The SMILES string of the molecule is C=CCC1CCC(=O)CC1. The second-order valence-electron chi connectivity index (χ2n) is 3.01. The molecule has 0 heterocycles. The second-order valence-corrected chi connectivity index (χ2v) is 3.01. The molecule has 1 aliphatic carbocycles. The van der Waals surface area contributed by atoms with Crippen molar-refractivity contribution in [3.8, 4) is 0 Å². The van der Waals surface area contributed by atoms with Crippen molar-refractivity contribution in [1.29, 1.82) is 0 Å². The molecule has 10 heavy (non-hydrogen) atoms. The standard InChI is InChI=1S/C9H14O/c1-2-3-8-4-6-9(10)7-5-8/h2,8H,1,3-7H2. The summed E-state index contributed by atoms with van der Waals surface area (Å²) in [6.07, 6.45) is 6.83. The van der Waals surface area contributed by atoms with Gasteiger partial charge in [-0.3, -0.25) is 4.79 Å². The number of allylic oxidation sites excluding steroid dienone is 1. The predicted octanol–water partition coefficient (Wildman–Crippen LogP) is 2.32. The molecule has 0 unspecified atom stereocenters. The summed E-state index contributed by atoms with van der Waals surface area (Å²) in [6, 6.07) is 0. The number of Topliss-reactive ketones (excluding diaryl/α,β-unsaturated/α-hetero) is 1. The van der Waals surface area contributed by atoms with Crippen LogP contribution in [0.1, 0.15) is 32.1 Å². The first-order valence-corrected chi connectivity index (χ1v) is 3.95. The minimum atomic E-state index is 0.445. The van der Waals surface area contributed by atoms with Crippen LogP contribution in [0.5, 0.6) is 0 Å². The van der Waals surface area contributed by atoms with Gasteiger partial charge in [0.25, 0.3) is 0 Å². The average Bonchev–Trinajstić information content (AvgIpc) is 1.95. The molecule has 0 aromatic rings. The van der Waals surface area contributed by atoms with E-state index >= 15 is 0 Å². The van der Waals surface area contributed by atoms with Crippen molar-refractivity contribution in [3.05, 3.63) is 12.7 Å². The molecule has 0 radical (unpaired) electrons. The molecule has 0 saturated heterocycles. The van der Waals surface area contributed by atoms with Crippen molar-refractivity contribution in [2.75, 3.05) is 0 Å². The maximum Gasteiger partial charge on any atom is 0.132 e. The molecule has 0 atom stereocenters. The van der Waals surface area contributed by atoms with Crippen LogP contribution in [0.3, 0.4) is 0 Å². The summed E-state index contributed by atoms with van der Waals surface area (Å²) in [4.78, 5) is 10.8. The minimum absolute atomic E-state index is 0.445. The van der Waals surface area contributed by atoms with E-state index in [1.165, 1.54) is 0 Å². The lowest BCUT2D eigenvalue weighted by molar-refractivity contribution is -0.120. The Hall–Kier alpha value is -0.590. The lowest BCUT2D eigenvalue weighted by atomic mass is 9.86. The van der Waals surface area contributed by atoms with Crippen LogP contribution in [0.15, 0.2) is 12.7 Å². The van der Waals surface area contributed by atoms with Crippen LogP contribution in [-0.2, 0) is 4.79 Å². The molecule has 0 aromatic carbocycles. The van der Waals surface area contributed by atoms with Crippen LogP contribution in [0, 0.1) is 5.92 Å². The lowest BCUT2D eigenvalue weighted by Gasteiger charge is -2.18. The fourth-order valence-corrected chi connectivity index (χ4v) is 1.47. The van der Waals surface area contributed by atoms with Crippen LogP contribution >= 0.6 is 0 Å². The third-order valence-electron chi connectivity index (χ3n) is 2.16. The Morgan fingerprint density at radius 3 is 2.60 bits per heavy atom. The van der Waals surface area contributed by atoms with Crippen molar-refractivity contribution in [2.45, 2.75) is 32.1 Å². The van der Waals surface area contributed by atoms with Gasteiger partial charge >= 0.3 is 0 Å². The molecular weight excluding hydrogens is 124 g/mol. The second kappa shape index (κ2) is 3.55. The molecule has 56 valence electrons. The topological polar surface area (TPSA) is 17.1 Å². The summed E-state index contributed by atoms with van der Waals surface area (Å²) in [5, 5.41) is 0. The number of hydrogen-bond donors (Lipinski definition) is 0. The Morgan fingerprint density at radius 1 is 1.50 bits per heavy atom. The largest absolute Gasteiger partial charge is 0.300 e. The molecule has 1 saturated carbocycles. The normalized spacial score (nSPS) is 21.0. The van der Waals surface area contributed by atoms with Crippen LogP contribution < -0.4 is 0 Å². The molecule has 0 amide bonds. The summed E-state index contributed by atoms with van der Waals surface area (Å²) >= 11 is 0. The van der Waals surface area contributed by atoms with Crippen LogP contribution in [-0.4, -0.2) is 5.78 Å². The van der Waals surface area contributed by atoms with Crippen LogP contribution in [0.25, 0.3) is 0 Å². The van der Waals surface area contributed by atoms with Gasteiger partial charge in [0.15, 0.2) is 0 Å². The minimum Gasteiger partial charge on any atom is -0.300 e. The first kappa shape index (κ1) is 7.52. The van der Waals surface area contributed by atoms with E-state index in [9.17, 15) is 4.79 Å². The van der Waals surface area contributed by atoms with E-state index in [-0.39, 0.29) is 0 Å². The Balaban J connectivity index is 2.25. The van der Waals surface area contributed by atoms with E-state index in [0.29, 0.717) is 5.78 Å². The number of ketones is 1. The Morgan fingerprint density at radius 2 is 2.10 bits per heavy atom. The summed E-state index contributed by atoms with van der Waals surface area (Å²) < 4.78 is 0. The maximum absolute atomic E-state index is 10.8. The molecule has 0 spiro atoms. The highest BCUT2D eigenvalue weighted by molar-refractivity contribution is 5.78. The molecule has 1 rings (SSSR count). The van der Waals surface area contributed by atoms with Crippen LogP contribution in [0.2, 0.25) is 0 Å². The van der Waals surface area contributed by atoms with Crippen molar-refractivity contribution < 1.29 is 4.79 Å². The van der Waals surface area contributed by atoms with Crippen molar-refractivity contribution in [3.63, 3.8) is 0 Å². The fraction of sp³-hybridized carbons (Fsp3) is 0.667. The quantitative estimate of drug-likeness (QED) is 0.535. The van der Waals surface area contributed by atoms with Crippen molar-refractivity contribution >= 4 is 5.78 Å². The van der Waals surface area contributed by atoms with Gasteiger partial charge in [-0.25, -0.2) is 0 Å². The van der Waals surface area contributed by atoms with E-state index in [0.717, 1.165) is 38.0 Å². The van der Waals surface area contributed by atoms with E-state index in [1.54, 1.807) is 0 Å². The van der Waals surface area contributed by atoms with Gasteiger partial charge in [0.05, 0.1) is 0 Å². The highest BCUT2D eigenvalue weighted by Gasteiger charge is 2.16. The molecule has 0 aliphatic heterocycles. The van der Waals surface area contributed by atoms with Gasteiger partial charge in [-0.05, 0) is 25.2 Å². The molecular formula is C9H14O. The van der Waals surface area contributed by atoms with Gasteiger partial charge in [0, 0.05) is 12.8 Å². The average molecular weight is 138 g/mol. The summed E-state index contributed by atoms with van der Waals surface area (Å²) in [5.74, 6) is 1.19. The van der Waals surface area contributed by atoms with E-state index < -0.39 is 0 Å². The molecule has 0 N–H and O–H groups in total. The molecule has 0 aromatic heterocycles. The first-order valence-electron chi connectivity index (χ1n) is 3.95. The van der Waals surface area contributed by atoms with Gasteiger partial charge in [-0.15, -0.1) is 6.58 Å². The number of rotatable bonds is 2. The lowest BCUT2D eigenvalue weighted by Crippen LogP contribution is -2.12. The fourth-order valence-electron chi connectivity index (χ4n) is 1.47. The van der Waals surface area contributed by atoms with Crippen molar-refractivity contribution in [1.82, 2.24) is 0 Å². The van der Waals surface area contributed by atoms with Gasteiger partial charge in [-0.1, -0.05) is 6.08 Å². The van der Waals surface area contributed by atoms with Gasteiger partial charge < -0.3 is 0 Å². The highest BCUT2D eigenvalue weighted by Crippen LogP contribution is 2.24. The van der Waals surface area contributed by atoms with E-state index in [4.69, 9.17) is 0 Å². The first-order chi connectivity index (χ1) is 4.83. The maximum atomic E-state index is 10.8.